The summed E-state index contributed by atoms with van der Waals surface area (Å²) in [5, 5.41) is 2.82. The molecule has 2 fully saturated rings. The van der Waals surface area contributed by atoms with E-state index < -0.39 is 6.04 Å². The van der Waals surface area contributed by atoms with Crippen LogP contribution >= 0.6 is 11.8 Å². The lowest BCUT2D eigenvalue weighted by molar-refractivity contribution is -0.129. The molecule has 1 N–H and O–H groups in total. The quantitative estimate of drug-likeness (QED) is 0.903. The molecule has 5 nitrogen and oxygen atoms in total. The van der Waals surface area contributed by atoms with Gasteiger partial charge in [-0.25, -0.2) is 4.39 Å². The highest BCUT2D eigenvalue weighted by atomic mass is 32.2. The number of rotatable bonds is 3. The van der Waals surface area contributed by atoms with E-state index >= 15 is 0 Å². The third-order valence-electron chi connectivity index (χ3n) is 4.42. The SMILES string of the molecule is O=C(NC1CCSC1=O)C1CCCN(C(=O)c2ccc(F)cc2)C1. The Hall–Kier alpha value is -1.89. The second-order valence-corrected chi connectivity index (χ2v) is 7.21. The van der Waals surface area contributed by atoms with E-state index in [2.05, 4.69) is 5.32 Å². The van der Waals surface area contributed by atoms with E-state index in [0.717, 1.165) is 12.2 Å². The Morgan fingerprint density at radius 1 is 1.21 bits per heavy atom. The summed E-state index contributed by atoms with van der Waals surface area (Å²) in [6.07, 6.45) is 2.10. The number of amides is 2. The van der Waals surface area contributed by atoms with Crippen LogP contribution in [0.4, 0.5) is 4.39 Å². The molecular weight excluding hydrogens is 331 g/mol. The first kappa shape index (κ1) is 17.0. The van der Waals surface area contributed by atoms with Crippen molar-refractivity contribution in [2.45, 2.75) is 25.3 Å². The lowest BCUT2D eigenvalue weighted by Crippen LogP contribution is -2.48. The fourth-order valence-corrected chi connectivity index (χ4v) is 4.00. The molecule has 2 unspecified atom stereocenters. The van der Waals surface area contributed by atoms with E-state index in [1.807, 2.05) is 0 Å². The van der Waals surface area contributed by atoms with Crippen molar-refractivity contribution in [3.63, 3.8) is 0 Å². The zero-order valence-corrected chi connectivity index (χ0v) is 14.0. The number of hydrogen-bond acceptors (Lipinski definition) is 4. The van der Waals surface area contributed by atoms with Gasteiger partial charge in [-0.2, -0.15) is 0 Å². The zero-order valence-electron chi connectivity index (χ0n) is 13.2. The Bertz CT molecular complexity index is 650. The van der Waals surface area contributed by atoms with Crippen molar-refractivity contribution in [3.8, 4) is 0 Å². The molecule has 0 saturated carbocycles. The lowest BCUT2D eigenvalue weighted by atomic mass is 9.96. The minimum absolute atomic E-state index is 0.0124. The minimum Gasteiger partial charge on any atom is -0.345 e. The first-order valence-corrected chi connectivity index (χ1v) is 9.05. The highest BCUT2D eigenvalue weighted by Crippen LogP contribution is 2.22. The average molecular weight is 350 g/mol. The standard InChI is InChI=1S/C17H19FN2O3S/c18-13-5-3-11(4-6-13)16(22)20-8-1-2-12(10-20)15(21)19-14-7-9-24-17(14)23/h3-6,12,14H,1-2,7-10H2,(H,19,21). The summed E-state index contributed by atoms with van der Waals surface area (Å²) in [5.74, 6) is -0.306. The summed E-state index contributed by atoms with van der Waals surface area (Å²) in [6, 6.07) is 5.02. The first-order valence-electron chi connectivity index (χ1n) is 8.06. The van der Waals surface area contributed by atoms with Crippen LogP contribution < -0.4 is 5.32 Å². The number of nitrogens with one attached hydrogen (secondary N) is 1. The number of benzene rings is 1. The van der Waals surface area contributed by atoms with Crippen LogP contribution in [0.3, 0.4) is 0 Å². The van der Waals surface area contributed by atoms with Crippen molar-refractivity contribution in [2.24, 2.45) is 5.92 Å². The Balaban J connectivity index is 1.61. The zero-order chi connectivity index (χ0) is 17.1. The van der Waals surface area contributed by atoms with Crippen LogP contribution in [-0.2, 0) is 9.59 Å². The monoisotopic (exact) mass is 350 g/mol. The largest absolute Gasteiger partial charge is 0.345 e. The van der Waals surface area contributed by atoms with Crippen molar-refractivity contribution in [1.82, 2.24) is 10.2 Å². The molecule has 2 aliphatic rings. The number of nitrogens with zero attached hydrogens (tertiary/aromatic N) is 1. The molecule has 1 aromatic rings. The van der Waals surface area contributed by atoms with Gasteiger partial charge in [-0.15, -0.1) is 0 Å². The molecule has 2 amide bonds. The Morgan fingerprint density at radius 3 is 2.62 bits per heavy atom. The summed E-state index contributed by atoms with van der Waals surface area (Å²) >= 11 is 1.25. The van der Waals surface area contributed by atoms with Gasteiger partial charge in [0, 0.05) is 24.4 Å². The van der Waals surface area contributed by atoms with Gasteiger partial charge in [0.05, 0.1) is 12.0 Å². The van der Waals surface area contributed by atoms with Crippen molar-refractivity contribution in [3.05, 3.63) is 35.6 Å². The highest BCUT2D eigenvalue weighted by Gasteiger charge is 2.33. The van der Waals surface area contributed by atoms with Gasteiger partial charge in [0.2, 0.25) is 11.0 Å². The predicted molar refractivity (Wildman–Crippen MR) is 89.0 cm³/mol. The average Bonchev–Trinajstić information content (AvgIpc) is 3.00. The van der Waals surface area contributed by atoms with Crippen LogP contribution in [0.15, 0.2) is 24.3 Å². The van der Waals surface area contributed by atoms with E-state index in [-0.39, 0.29) is 28.7 Å². The molecule has 2 saturated heterocycles. The number of piperidine rings is 1. The number of carbonyl (C=O) groups excluding carboxylic acids is 3. The summed E-state index contributed by atoms with van der Waals surface area (Å²) in [5.41, 5.74) is 0.417. The van der Waals surface area contributed by atoms with E-state index in [1.54, 1.807) is 4.90 Å². The van der Waals surface area contributed by atoms with Gasteiger partial charge in [0.15, 0.2) is 0 Å². The number of hydrogen-bond donors (Lipinski definition) is 1. The first-order chi connectivity index (χ1) is 11.5. The number of likely N-dealkylation sites (tertiary alicyclic amines) is 1. The van der Waals surface area contributed by atoms with Crippen LogP contribution in [0.1, 0.15) is 29.6 Å². The molecule has 2 aliphatic heterocycles. The van der Waals surface area contributed by atoms with E-state index in [0.29, 0.717) is 31.5 Å². The number of halogens is 1. The summed E-state index contributed by atoms with van der Waals surface area (Å²) < 4.78 is 13.0. The summed E-state index contributed by atoms with van der Waals surface area (Å²) in [7, 11) is 0. The summed E-state index contributed by atoms with van der Waals surface area (Å²) in [6.45, 7) is 0.911. The maximum absolute atomic E-state index is 13.0. The van der Waals surface area contributed by atoms with Crippen molar-refractivity contribution >= 4 is 28.7 Å². The van der Waals surface area contributed by atoms with Gasteiger partial charge in [-0.05, 0) is 43.5 Å². The third-order valence-corrected chi connectivity index (χ3v) is 5.43. The Labute approximate surface area is 144 Å². The van der Waals surface area contributed by atoms with Gasteiger partial charge in [0.1, 0.15) is 5.82 Å². The van der Waals surface area contributed by atoms with Crippen molar-refractivity contribution < 1.29 is 18.8 Å². The molecule has 2 heterocycles. The van der Waals surface area contributed by atoms with Crippen LogP contribution in [0, 0.1) is 11.7 Å². The summed E-state index contributed by atoms with van der Waals surface area (Å²) in [4.78, 5) is 38.1. The maximum Gasteiger partial charge on any atom is 0.253 e. The van der Waals surface area contributed by atoms with Gasteiger partial charge in [-0.1, -0.05) is 11.8 Å². The van der Waals surface area contributed by atoms with Crippen LogP contribution in [-0.4, -0.2) is 46.7 Å². The van der Waals surface area contributed by atoms with Gasteiger partial charge in [-0.3, -0.25) is 14.4 Å². The molecule has 0 bridgehead atoms. The lowest BCUT2D eigenvalue weighted by Gasteiger charge is -2.32. The molecule has 3 rings (SSSR count). The molecule has 24 heavy (non-hydrogen) atoms. The molecule has 2 atom stereocenters. The number of carbonyl (C=O) groups is 3. The molecular formula is C17H19FN2O3S. The Morgan fingerprint density at radius 2 is 1.96 bits per heavy atom. The molecule has 1 aromatic carbocycles. The van der Waals surface area contributed by atoms with Crippen LogP contribution in [0.2, 0.25) is 0 Å². The molecule has 0 aliphatic carbocycles. The highest BCUT2D eigenvalue weighted by molar-refractivity contribution is 8.14. The van der Waals surface area contributed by atoms with Crippen LogP contribution in [0.25, 0.3) is 0 Å². The van der Waals surface area contributed by atoms with E-state index in [1.165, 1.54) is 36.0 Å². The molecule has 128 valence electrons. The maximum atomic E-state index is 13.0. The third kappa shape index (κ3) is 3.77. The molecule has 0 aromatic heterocycles. The molecule has 7 heteroatoms. The molecule has 0 radical (unpaired) electrons. The van der Waals surface area contributed by atoms with E-state index in [4.69, 9.17) is 0 Å². The predicted octanol–water partition coefficient (Wildman–Crippen LogP) is 1.83. The van der Waals surface area contributed by atoms with E-state index in [9.17, 15) is 18.8 Å². The Kier molecular flexibility index (Phi) is 5.18. The number of thioether (sulfide) groups is 1. The van der Waals surface area contributed by atoms with Crippen LogP contribution in [0.5, 0.6) is 0 Å². The fourth-order valence-electron chi connectivity index (χ4n) is 3.07. The van der Waals surface area contributed by atoms with Crippen molar-refractivity contribution in [1.29, 1.82) is 0 Å². The fraction of sp³-hybridized carbons (Fsp3) is 0.471. The van der Waals surface area contributed by atoms with Crippen molar-refractivity contribution in [2.75, 3.05) is 18.8 Å². The second kappa shape index (κ2) is 7.34. The smallest absolute Gasteiger partial charge is 0.253 e. The normalized spacial score (nSPS) is 24.0. The molecule has 0 spiro atoms. The topological polar surface area (TPSA) is 66.5 Å². The van der Waals surface area contributed by atoms with Gasteiger partial charge in [0.25, 0.3) is 5.91 Å². The minimum atomic E-state index is -0.398. The van der Waals surface area contributed by atoms with Gasteiger partial charge >= 0.3 is 0 Å². The second-order valence-electron chi connectivity index (χ2n) is 6.11. The van der Waals surface area contributed by atoms with Gasteiger partial charge < -0.3 is 10.2 Å².